The second kappa shape index (κ2) is 9.74. The molecule has 0 spiro atoms. The van der Waals surface area contributed by atoms with E-state index in [9.17, 15) is 9.90 Å². The third-order valence-electron chi connectivity index (χ3n) is 3.73. The minimum absolute atomic E-state index is 0.0663. The summed E-state index contributed by atoms with van der Waals surface area (Å²) < 4.78 is 10.6. The number of carbonyl (C=O) groups excluding carboxylic acids is 1. The maximum atomic E-state index is 11.6. The summed E-state index contributed by atoms with van der Waals surface area (Å²) in [5.74, 6) is -0.209. The molecule has 0 unspecified atom stereocenters. The molecule has 0 aromatic rings. The van der Waals surface area contributed by atoms with Gasteiger partial charge in [-0.15, -0.1) is 0 Å². The molecule has 1 aliphatic heterocycles. The molecule has 1 N–H and O–H groups in total. The smallest absolute Gasteiger partial charge is 0.306 e. The highest BCUT2D eigenvalue weighted by Crippen LogP contribution is 2.16. The number of rotatable bonds is 1. The lowest BCUT2D eigenvalue weighted by molar-refractivity contribution is -0.142. The van der Waals surface area contributed by atoms with Crippen LogP contribution in [-0.2, 0) is 14.3 Å². The fourth-order valence-electron chi connectivity index (χ4n) is 2.43. The Morgan fingerprint density at radius 1 is 1.33 bits per heavy atom. The number of cyclic esters (lactones) is 1. The summed E-state index contributed by atoms with van der Waals surface area (Å²) in [6.07, 6.45) is 9.33. The van der Waals surface area contributed by atoms with Crippen LogP contribution in [0.1, 0.15) is 46.0 Å². The summed E-state index contributed by atoms with van der Waals surface area (Å²) in [6, 6.07) is 0. The zero-order valence-electron chi connectivity index (χ0n) is 13.4. The lowest BCUT2D eigenvalue weighted by atomic mass is 9.97. The van der Waals surface area contributed by atoms with Crippen LogP contribution in [0.5, 0.6) is 0 Å². The predicted molar refractivity (Wildman–Crippen MR) is 82.9 cm³/mol. The van der Waals surface area contributed by atoms with E-state index in [0.717, 1.165) is 31.3 Å². The average Bonchev–Trinajstić information content (AvgIpc) is 2.46. The number of esters is 1. The average molecular weight is 296 g/mol. The second-order valence-electron chi connectivity index (χ2n) is 5.75. The Morgan fingerprint density at radius 2 is 2.10 bits per heavy atom. The first kappa shape index (κ1) is 17.9. The normalized spacial score (nSPS) is 34.0. The molecule has 3 atom stereocenters. The van der Waals surface area contributed by atoms with E-state index in [4.69, 9.17) is 9.47 Å². The van der Waals surface area contributed by atoms with Crippen molar-refractivity contribution in [2.45, 2.75) is 58.2 Å². The predicted octanol–water partition coefficient (Wildman–Crippen LogP) is 3.01. The highest BCUT2D eigenvalue weighted by molar-refractivity contribution is 5.69. The van der Waals surface area contributed by atoms with E-state index in [2.05, 4.69) is 6.08 Å². The van der Waals surface area contributed by atoms with Crippen LogP contribution in [-0.4, -0.2) is 37.0 Å². The maximum Gasteiger partial charge on any atom is 0.306 e. The van der Waals surface area contributed by atoms with Gasteiger partial charge >= 0.3 is 5.97 Å². The number of hydrogen-bond acceptors (Lipinski definition) is 4. The Labute approximate surface area is 127 Å². The van der Waals surface area contributed by atoms with Crippen LogP contribution in [0.4, 0.5) is 0 Å². The van der Waals surface area contributed by atoms with Gasteiger partial charge in [0.25, 0.3) is 0 Å². The number of hydrogen-bond donors (Lipinski definition) is 1. The van der Waals surface area contributed by atoms with Crippen molar-refractivity contribution in [2.24, 2.45) is 5.92 Å². The molecule has 1 aliphatic rings. The second-order valence-corrected chi connectivity index (χ2v) is 5.75. The van der Waals surface area contributed by atoms with Gasteiger partial charge in [0.15, 0.2) is 0 Å². The number of carbonyl (C=O) groups is 1. The van der Waals surface area contributed by atoms with Crippen LogP contribution in [0, 0.1) is 5.92 Å². The molecule has 1 rings (SSSR count). The Morgan fingerprint density at radius 3 is 2.81 bits per heavy atom. The Hall–Kier alpha value is -1.13. The van der Waals surface area contributed by atoms with Crippen molar-refractivity contribution in [2.75, 3.05) is 13.7 Å². The van der Waals surface area contributed by atoms with E-state index in [1.807, 2.05) is 26.0 Å². The van der Waals surface area contributed by atoms with Gasteiger partial charge < -0.3 is 14.6 Å². The summed E-state index contributed by atoms with van der Waals surface area (Å²) >= 11 is 0. The molecule has 120 valence electrons. The van der Waals surface area contributed by atoms with Crippen molar-refractivity contribution in [3.8, 4) is 0 Å². The fourth-order valence-corrected chi connectivity index (χ4v) is 2.43. The van der Waals surface area contributed by atoms with Crippen LogP contribution in [0.15, 0.2) is 23.8 Å². The molecule has 0 amide bonds. The molecule has 0 saturated heterocycles. The summed E-state index contributed by atoms with van der Waals surface area (Å²) in [7, 11) is 1.61. The third kappa shape index (κ3) is 6.91. The molecule has 0 bridgehead atoms. The lowest BCUT2D eigenvalue weighted by Gasteiger charge is -2.23. The highest BCUT2D eigenvalue weighted by atomic mass is 16.5. The van der Waals surface area contributed by atoms with Gasteiger partial charge in [-0.1, -0.05) is 31.6 Å². The zero-order chi connectivity index (χ0) is 15.7. The van der Waals surface area contributed by atoms with Crippen LogP contribution in [0.3, 0.4) is 0 Å². The van der Waals surface area contributed by atoms with Crippen molar-refractivity contribution in [1.29, 1.82) is 0 Å². The topological polar surface area (TPSA) is 55.8 Å². The number of ether oxygens (including phenoxy) is 2. The lowest BCUT2D eigenvalue weighted by Crippen LogP contribution is -2.31. The molecule has 0 radical (unpaired) electrons. The molecular weight excluding hydrogens is 268 g/mol. The number of methoxy groups -OCH3 is 1. The van der Waals surface area contributed by atoms with Crippen LogP contribution >= 0.6 is 0 Å². The van der Waals surface area contributed by atoms with E-state index in [1.165, 1.54) is 0 Å². The Balaban J connectivity index is 2.76. The first-order chi connectivity index (χ1) is 10.0. The van der Waals surface area contributed by atoms with E-state index in [-0.39, 0.29) is 18.0 Å². The monoisotopic (exact) mass is 296 g/mol. The minimum Gasteiger partial charge on any atom is -0.461 e. The molecule has 21 heavy (non-hydrogen) atoms. The number of aliphatic hydroxyl groups is 1. The van der Waals surface area contributed by atoms with Gasteiger partial charge in [-0.3, -0.25) is 4.79 Å². The van der Waals surface area contributed by atoms with Gasteiger partial charge in [0.05, 0.1) is 6.10 Å². The van der Waals surface area contributed by atoms with Gasteiger partial charge in [0.2, 0.25) is 0 Å². The molecule has 0 aromatic carbocycles. The van der Waals surface area contributed by atoms with Gasteiger partial charge in [-0.25, -0.2) is 0 Å². The fraction of sp³-hybridized carbons (Fsp3) is 0.706. The quantitative estimate of drug-likeness (QED) is 0.597. The van der Waals surface area contributed by atoms with Crippen LogP contribution in [0.25, 0.3) is 0 Å². The van der Waals surface area contributed by atoms with Gasteiger partial charge in [0, 0.05) is 19.4 Å². The SMILES string of the molecule is CO[C@H]1/C=C/CCCCCC(=O)OC/C(C)=C\[C@@H](C)[C@@H]1O. The number of allylic oxidation sites excluding steroid dienone is 1. The molecule has 0 aromatic heterocycles. The molecule has 4 nitrogen and oxygen atoms in total. The van der Waals surface area contributed by atoms with Crippen LogP contribution in [0.2, 0.25) is 0 Å². The first-order valence-electron chi connectivity index (χ1n) is 7.75. The Bertz CT molecular complexity index is 373. The summed E-state index contributed by atoms with van der Waals surface area (Å²) in [5, 5.41) is 10.3. The van der Waals surface area contributed by atoms with Gasteiger partial charge in [0.1, 0.15) is 12.7 Å². The zero-order valence-corrected chi connectivity index (χ0v) is 13.4. The van der Waals surface area contributed by atoms with E-state index in [0.29, 0.717) is 13.0 Å². The van der Waals surface area contributed by atoms with Crippen molar-refractivity contribution >= 4 is 5.97 Å². The van der Waals surface area contributed by atoms with Crippen molar-refractivity contribution in [3.05, 3.63) is 23.8 Å². The van der Waals surface area contributed by atoms with Crippen molar-refractivity contribution in [3.63, 3.8) is 0 Å². The number of aliphatic hydroxyl groups excluding tert-OH is 1. The van der Waals surface area contributed by atoms with E-state index >= 15 is 0 Å². The molecule has 0 aliphatic carbocycles. The van der Waals surface area contributed by atoms with E-state index in [1.54, 1.807) is 7.11 Å². The summed E-state index contributed by atoms with van der Waals surface area (Å²) in [4.78, 5) is 11.6. The Kier molecular flexibility index (Phi) is 8.31. The van der Waals surface area contributed by atoms with Gasteiger partial charge in [-0.05, 0) is 31.8 Å². The van der Waals surface area contributed by atoms with Gasteiger partial charge in [-0.2, -0.15) is 0 Å². The van der Waals surface area contributed by atoms with Crippen molar-refractivity contribution < 1.29 is 19.4 Å². The molecule has 0 fully saturated rings. The largest absolute Gasteiger partial charge is 0.461 e. The van der Waals surface area contributed by atoms with E-state index < -0.39 is 6.10 Å². The summed E-state index contributed by atoms with van der Waals surface area (Å²) in [5.41, 5.74) is 0.948. The molecule has 1 heterocycles. The minimum atomic E-state index is -0.609. The first-order valence-corrected chi connectivity index (χ1v) is 7.75. The maximum absolute atomic E-state index is 11.6. The standard InChI is InChI=1S/C17H28O4/c1-13-11-14(2)17(19)15(20-3)9-7-5-4-6-8-10-16(18)21-12-13/h7,9,11,14-15,17,19H,4-6,8,10,12H2,1-3H3/b9-7+,13-11-/t14-,15+,17+/m1/s1. The molecule has 4 heteroatoms. The molecule has 0 saturated carbocycles. The van der Waals surface area contributed by atoms with Crippen LogP contribution < -0.4 is 0 Å². The third-order valence-corrected chi connectivity index (χ3v) is 3.73. The summed E-state index contributed by atoms with van der Waals surface area (Å²) in [6.45, 7) is 4.14. The van der Waals surface area contributed by atoms with Crippen molar-refractivity contribution in [1.82, 2.24) is 0 Å². The highest BCUT2D eigenvalue weighted by Gasteiger charge is 2.21. The molecular formula is C17H28O4.